The molecule has 2 aromatic carbocycles. The van der Waals surface area contributed by atoms with E-state index in [0.29, 0.717) is 34.7 Å². The van der Waals surface area contributed by atoms with Crippen LogP contribution >= 0.6 is 0 Å². The van der Waals surface area contributed by atoms with E-state index in [-0.39, 0.29) is 11.8 Å². The van der Waals surface area contributed by atoms with Gasteiger partial charge >= 0.3 is 0 Å². The van der Waals surface area contributed by atoms with E-state index in [9.17, 15) is 9.59 Å². The van der Waals surface area contributed by atoms with E-state index in [0.717, 1.165) is 48.7 Å². The summed E-state index contributed by atoms with van der Waals surface area (Å²) in [5.74, 6) is 0.252. The Labute approximate surface area is 221 Å². The third kappa shape index (κ3) is 5.16. The van der Waals surface area contributed by atoms with Gasteiger partial charge in [-0.1, -0.05) is 12.1 Å². The number of nitrogens with zero attached hydrogens (tertiary/aromatic N) is 4. The molecule has 196 valence electrons. The highest BCUT2D eigenvalue weighted by atomic mass is 16.2. The van der Waals surface area contributed by atoms with Crippen LogP contribution in [0.5, 0.6) is 0 Å². The van der Waals surface area contributed by atoms with Gasteiger partial charge in [-0.15, -0.1) is 0 Å². The minimum atomic E-state index is -0.171. The fourth-order valence-corrected chi connectivity index (χ4v) is 4.67. The summed E-state index contributed by atoms with van der Waals surface area (Å²) in [4.78, 5) is 32.3. The maximum atomic E-state index is 13.1. The molecule has 3 heterocycles. The van der Waals surface area contributed by atoms with Crippen molar-refractivity contribution < 1.29 is 9.59 Å². The fraction of sp³-hybridized carbons (Fsp3) is 0.286. The highest BCUT2D eigenvalue weighted by Crippen LogP contribution is 2.29. The van der Waals surface area contributed by atoms with Crippen molar-refractivity contribution in [1.29, 1.82) is 0 Å². The van der Waals surface area contributed by atoms with Crippen LogP contribution in [0, 0.1) is 13.8 Å². The lowest BCUT2D eigenvalue weighted by atomic mass is 10.1. The van der Waals surface area contributed by atoms with E-state index in [4.69, 9.17) is 0 Å². The van der Waals surface area contributed by atoms with Gasteiger partial charge in [-0.3, -0.25) is 9.59 Å². The number of piperazine rings is 1. The van der Waals surface area contributed by atoms with Crippen LogP contribution in [0.15, 0.2) is 55.0 Å². The monoisotopic (exact) mass is 512 g/mol. The van der Waals surface area contributed by atoms with Gasteiger partial charge in [0.25, 0.3) is 11.8 Å². The molecule has 0 atom stereocenters. The van der Waals surface area contributed by atoms with E-state index >= 15 is 0 Å². The second-order valence-corrected chi connectivity index (χ2v) is 9.33. The molecule has 0 radical (unpaired) electrons. The molecule has 0 saturated carbocycles. The average Bonchev–Trinajstić information content (AvgIpc) is 3.28. The molecule has 5 rings (SSSR count). The summed E-state index contributed by atoms with van der Waals surface area (Å²) in [6, 6.07) is 13.4. The van der Waals surface area contributed by atoms with Crippen LogP contribution in [0.4, 0.5) is 22.9 Å². The highest BCUT2D eigenvalue weighted by molar-refractivity contribution is 6.05. The van der Waals surface area contributed by atoms with Crippen molar-refractivity contribution in [3.8, 4) is 0 Å². The number of rotatable bonds is 7. The minimum Gasteiger partial charge on any atom is -0.369 e. The first-order valence-electron chi connectivity index (χ1n) is 12.8. The van der Waals surface area contributed by atoms with Crippen LogP contribution < -0.4 is 26.2 Å². The van der Waals surface area contributed by atoms with Gasteiger partial charge in [-0.25, -0.2) is 9.50 Å². The number of anilines is 4. The van der Waals surface area contributed by atoms with Crippen molar-refractivity contribution in [3.63, 3.8) is 0 Å². The molecule has 10 heteroatoms. The van der Waals surface area contributed by atoms with Crippen LogP contribution in [-0.4, -0.2) is 59.1 Å². The Morgan fingerprint density at radius 3 is 2.66 bits per heavy atom. The van der Waals surface area contributed by atoms with Crippen LogP contribution in [0.1, 0.15) is 38.8 Å². The Bertz CT molecular complexity index is 1490. The Hall–Kier alpha value is -4.44. The molecule has 10 nitrogen and oxygen atoms in total. The van der Waals surface area contributed by atoms with Gasteiger partial charge in [-0.2, -0.15) is 5.10 Å². The molecule has 0 spiro atoms. The first-order chi connectivity index (χ1) is 18.4. The largest absolute Gasteiger partial charge is 0.369 e. The van der Waals surface area contributed by atoms with Crippen molar-refractivity contribution in [2.24, 2.45) is 0 Å². The molecule has 1 saturated heterocycles. The summed E-state index contributed by atoms with van der Waals surface area (Å²) >= 11 is 0. The SMILES string of the molecule is CCNC(=O)c1cn2ncnc(Nc3cc(NC(=O)c4cccc(N5CCNCC5)c4)ccc3C)c2c1C. The van der Waals surface area contributed by atoms with Gasteiger partial charge in [0, 0.05) is 61.5 Å². The number of fused-ring (bicyclic) bond motifs is 1. The molecule has 1 aliphatic rings. The number of carbonyl (C=O) groups excluding carboxylic acids is 2. The van der Waals surface area contributed by atoms with E-state index in [2.05, 4.69) is 36.2 Å². The lowest BCUT2D eigenvalue weighted by molar-refractivity contribution is 0.0954. The van der Waals surface area contributed by atoms with Crippen molar-refractivity contribution in [3.05, 3.63) is 77.2 Å². The maximum Gasteiger partial charge on any atom is 0.255 e. The molecule has 0 unspecified atom stereocenters. The molecule has 4 N–H and O–H groups in total. The molecular weight excluding hydrogens is 480 g/mol. The summed E-state index contributed by atoms with van der Waals surface area (Å²) in [7, 11) is 0. The topological polar surface area (TPSA) is 116 Å². The van der Waals surface area contributed by atoms with Crippen LogP contribution in [0.25, 0.3) is 5.52 Å². The van der Waals surface area contributed by atoms with Gasteiger partial charge in [0.1, 0.15) is 11.8 Å². The molecule has 2 aromatic heterocycles. The van der Waals surface area contributed by atoms with Crippen molar-refractivity contribution in [2.45, 2.75) is 20.8 Å². The zero-order chi connectivity index (χ0) is 26.6. The molecule has 4 aromatic rings. The van der Waals surface area contributed by atoms with E-state index in [1.54, 1.807) is 10.7 Å². The quantitative estimate of drug-likeness (QED) is 0.300. The predicted molar refractivity (Wildman–Crippen MR) is 150 cm³/mol. The summed E-state index contributed by atoms with van der Waals surface area (Å²) in [6.45, 7) is 9.99. The number of amides is 2. The molecule has 1 aliphatic heterocycles. The Balaban J connectivity index is 1.38. The number of aryl methyl sites for hydroxylation is 2. The fourth-order valence-electron chi connectivity index (χ4n) is 4.67. The smallest absolute Gasteiger partial charge is 0.255 e. The number of hydrogen-bond donors (Lipinski definition) is 4. The first-order valence-corrected chi connectivity index (χ1v) is 12.8. The standard InChI is InChI=1S/C28H32N8O2/c1-4-30-28(38)23-16-36-25(19(23)3)26(31-17-32-36)34-24-15-21(9-8-18(24)2)33-27(37)20-6-5-7-22(14-20)35-12-10-29-11-13-35/h5-9,14-17,29H,4,10-13H2,1-3H3,(H,30,38)(H,33,37)(H,31,32,34). The zero-order valence-electron chi connectivity index (χ0n) is 21.8. The van der Waals surface area contributed by atoms with Crippen LogP contribution in [0.2, 0.25) is 0 Å². The number of nitrogens with one attached hydrogen (secondary N) is 4. The second-order valence-electron chi connectivity index (χ2n) is 9.33. The van der Waals surface area contributed by atoms with Crippen LogP contribution in [-0.2, 0) is 0 Å². The third-order valence-electron chi connectivity index (χ3n) is 6.75. The Morgan fingerprint density at radius 2 is 1.87 bits per heavy atom. The number of hydrogen-bond acceptors (Lipinski definition) is 7. The van der Waals surface area contributed by atoms with Gasteiger partial charge in [0.05, 0.1) is 5.56 Å². The minimum absolute atomic E-state index is 0.150. The normalized spacial score (nSPS) is 13.4. The maximum absolute atomic E-state index is 13.1. The van der Waals surface area contributed by atoms with Gasteiger partial charge in [0.2, 0.25) is 0 Å². The number of benzene rings is 2. The third-order valence-corrected chi connectivity index (χ3v) is 6.75. The number of aromatic nitrogens is 3. The summed E-state index contributed by atoms with van der Waals surface area (Å²) in [6.07, 6.45) is 3.16. The molecule has 38 heavy (non-hydrogen) atoms. The molecule has 0 bridgehead atoms. The summed E-state index contributed by atoms with van der Waals surface area (Å²) in [5, 5.41) is 16.9. The van der Waals surface area contributed by atoms with Crippen LogP contribution in [0.3, 0.4) is 0 Å². The highest BCUT2D eigenvalue weighted by Gasteiger charge is 2.18. The molecular formula is C28H32N8O2. The van der Waals surface area contributed by atoms with Crippen molar-refractivity contribution in [2.75, 3.05) is 48.3 Å². The molecule has 1 fully saturated rings. The van der Waals surface area contributed by atoms with Gasteiger partial charge in [-0.05, 0) is 62.2 Å². The first kappa shape index (κ1) is 25.2. The van der Waals surface area contributed by atoms with E-state index in [1.807, 2.05) is 63.2 Å². The predicted octanol–water partition coefficient (Wildman–Crippen LogP) is 3.50. The second kappa shape index (κ2) is 10.9. The van der Waals surface area contributed by atoms with Crippen molar-refractivity contribution >= 4 is 40.2 Å². The van der Waals surface area contributed by atoms with Crippen molar-refractivity contribution in [1.82, 2.24) is 25.2 Å². The zero-order valence-corrected chi connectivity index (χ0v) is 21.8. The Morgan fingerprint density at radius 1 is 1.05 bits per heavy atom. The molecule has 2 amide bonds. The van der Waals surface area contributed by atoms with Gasteiger partial charge in [0.15, 0.2) is 5.82 Å². The van der Waals surface area contributed by atoms with E-state index < -0.39 is 0 Å². The average molecular weight is 513 g/mol. The summed E-state index contributed by atoms with van der Waals surface area (Å²) < 4.78 is 1.65. The Kier molecular flexibility index (Phi) is 7.23. The molecule has 0 aliphatic carbocycles. The van der Waals surface area contributed by atoms with E-state index in [1.165, 1.54) is 6.33 Å². The number of carbonyl (C=O) groups is 2. The lowest BCUT2D eigenvalue weighted by Crippen LogP contribution is -2.43. The summed E-state index contributed by atoms with van der Waals surface area (Å²) in [5.41, 5.74) is 6.14. The lowest BCUT2D eigenvalue weighted by Gasteiger charge is -2.29. The van der Waals surface area contributed by atoms with Gasteiger partial charge < -0.3 is 26.2 Å².